The summed E-state index contributed by atoms with van der Waals surface area (Å²) in [5.74, 6) is -0.605. The van der Waals surface area contributed by atoms with E-state index in [1.54, 1.807) is 18.2 Å². The molecule has 128 valence electrons. The number of nitrogens with zero attached hydrogens (tertiary/aromatic N) is 1. The summed E-state index contributed by atoms with van der Waals surface area (Å²) in [7, 11) is 1.50. The maximum atomic E-state index is 12.6. The number of aryl methyl sites for hydroxylation is 1. The van der Waals surface area contributed by atoms with Gasteiger partial charge in [0, 0.05) is 24.7 Å². The molecule has 1 heterocycles. The summed E-state index contributed by atoms with van der Waals surface area (Å²) in [4.78, 5) is 36.6. The van der Waals surface area contributed by atoms with E-state index in [1.165, 1.54) is 7.05 Å². The number of β-amino-alcohol motifs (C(OH)–C–C–N with tert-alkyl or cyclic N) is 2. The lowest BCUT2D eigenvalue weighted by Gasteiger charge is -2.21. The molecule has 9 nitrogen and oxygen atoms in total. The first-order chi connectivity index (χ1) is 11.4. The molecule has 1 aromatic rings. The van der Waals surface area contributed by atoms with Crippen LogP contribution in [0.1, 0.15) is 17.5 Å². The van der Waals surface area contributed by atoms with Crippen molar-refractivity contribution in [3.63, 3.8) is 0 Å². The Labute approximate surface area is 137 Å². The number of urea groups is 1. The molecule has 0 bridgehead atoms. The van der Waals surface area contributed by atoms with Crippen molar-refractivity contribution < 1.29 is 29.3 Å². The fraction of sp³-hybridized carbons (Fsp3) is 0.400. The van der Waals surface area contributed by atoms with Crippen LogP contribution < -0.4 is 10.6 Å². The van der Waals surface area contributed by atoms with E-state index < -0.39 is 30.4 Å². The van der Waals surface area contributed by atoms with Crippen molar-refractivity contribution in [3.8, 4) is 0 Å². The molecule has 4 amide bonds. The molecule has 2 aliphatic rings. The standard InChI is InChI=1S/C15H17N3O6/c1-16-13(22)17-9-2-3-10-8(6-9)4-5-15(10)12(21)18(7-11(19)20)14(23)24-15/h2-3,6,11,19-20H,4-5,7H2,1H3,(H2,16,17,22)/t15-/m0/s1. The third-order valence-corrected chi connectivity index (χ3v) is 4.19. The van der Waals surface area contributed by atoms with Crippen LogP contribution in [0.5, 0.6) is 0 Å². The second-order valence-corrected chi connectivity index (χ2v) is 5.67. The number of carbonyl (C=O) groups excluding carboxylic acids is 3. The van der Waals surface area contributed by atoms with Crippen LogP contribution in [0.25, 0.3) is 0 Å². The lowest BCUT2D eigenvalue weighted by Crippen LogP contribution is -2.41. The number of benzene rings is 1. The molecule has 1 aliphatic heterocycles. The molecule has 24 heavy (non-hydrogen) atoms. The third-order valence-electron chi connectivity index (χ3n) is 4.19. The molecule has 1 spiro atoms. The van der Waals surface area contributed by atoms with Gasteiger partial charge in [-0.15, -0.1) is 0 Å². The number of hydrogen-bond donors (Lipinski definition) is 4. The summed E-state index contributed by atoms with van der Waals surface area (Å²) >= 11 is 0. The molecule has 0 unspecified atom stereocenters. The summed E-state index contributed by atoms with van der Waals surface area (Å²) in [5, 5.41) is 23.1. The van der Waals surface area contributed by atoms with Gasteiger partial charge in [0.1, 0.15) is 0 Å². The highest BCUT2D eigenvalue weighted by Crippen LogP contribution is 2.45. The molecular weight excluding hydrogens is 318 g/mol. The highest BCUT2D eigenvalue weighted by Gasteiger charge is 2.58. The number of amides is 4. The monoisotopic (exact) mass is 335 g/mol. The van der Waals surface area contributed by atoms with Crippen molar-refractivity contribution in [2.45, 2.75) is 24.7 Å². The topological polar surface area (TPSA) is 128 Å². The van der Waals surface area contributed by atoms with Gasteiger partial charge in [0.25, 0.3) is 5.91 Å². The Morgan fingerprint density at radius 3 is 2.83 bits per heavy atom. The molecule has 0 radical (unpaired) electrons. The van der Waals surface area contributed by atoms with Crippen LogP contribution in [0.15, 0.2) is 18.2 Å². The predicted octanol–water partition coefficient (Wildman–Crippen LogP) is -0.131. The van der Waals surface area contributed by atoms with E-state index in [2.05, 4.69) is 10.6 Å². The lowest BCUT2D eigenvalue weighted by molar-refractivity contribution is -0.140. The number of imide groups is 1. The summed E-state index contributed by atoms with van der Waals surface area (Å²) in [6, 6.07) is 4.61. The van der Waals surface area contributed by atoms with Gasteiger partial charge in [0.05, 0.1) is 6.54 Å². The van der Waals surface area contributed by atoms with E-state index >= 15 is 0 Å². The molecule has 1 saturated heterocycles. The van der Waals surface area contributed by atoms with Crippen molar-refractivity contribution >= 4 is 23.7 Å². The largest absolute Gasteiger partial charge is 0.427 e. The van der Waals surface area contributed by atoms with Gasteiger partial charge in [0.2, 0.25) is 5.60 Å². The Morgan fingerprint density at radius 2 is 2.17 bits per heavy atom. The van der Waals surface area contributed by atoms with Crippen molar-refractivity contribution in [2.75, 3.05) is 18.9 Å². The van der Waals surface area contributed by atoms with E-state index in [1.807, 2.05) is 0 Å². The van der Waals surface area contributed by atoms with Crippen LogP contribution in [-0.4, -0.2) is 53.0 Å². The van der Waals surface area contributed by atoms with Gasteiger partial charge in [-0.3, -0.25) is 4.79 Å². The smallest absolute Gasteiger partial charge is 0.418 e. The maximum absolute atomic E-state index is 12.6. The summed E-state index contributed by atoms with van der Waals surface area (Å²) in [6.45, 7) is -0.537. The number of carbonyl (C=O) groups is 3. The van der Waals surface area contributed by atoms with Gasteiger partial charge in [-0.2, -0.15) is 0 Å². The van der Waals surface area contributed by atoms with Crippen LogP contribution in [-0.2, 0) is 21.6 Å². The van der Waals surface area contributed by atoms with Crippen LogP contribution in [0.3, 0.4) is 0 Å². The van der Waals surface area contributed by atoms with Crippen LogP contribution >= 0.6 is 0 Å². The average molecular weight is 335 g/mol. The van der Waals surface area contributed by atoms with Crippen molar-refractivity contribution in [1.82, 2.24) is 10.2 Å². The fourth-order valence-electron chi connectivity index (χ4n) is 3.11. The number of nitrogens with one attached hydrogen (secondary N) is 2. The van der Waals surface area contributed by atoms with Gasteiger partial charge in [-0.1, -0.05) is 6.07 Å². The predicted molar refractivity (Wildman–Crippen MR) is 80.9 cm³/mol. The quantitative estimate of drug-likeness (QED) is 0.570. The van der Waals surface area contributed by atoms with Gasteiger partial charge in [-0.05, 0) is 24.1 Å². The lowest BCUT2D eigenvalue weighted by atomic mass is 9.94. The van der Waals surface area contributed by atoms with Gasteiger partial charge >= 0.3 is 12.1 Å². The minimum atomic E-state index is -1.82. The number of ether oxygens (including phenoxy) is 1. The third kappa shape index (κ3) is 2.47. The molecular formula is C15H17N3O6. The first-order valence-electron chi connectivity index (χ1n) is 7.40. The number of aliphatic hydroxyl groups is 2. The molecule has 0 aromatic heterocycles. The molecule has 4 N–H and O–H groups in total. The van der Waals surface area contributed by atoms with Crippen LogP contribution in [0.4, 0.5) is 15.3 Å². The number of anilines is 1. The van der Waals surface area contributed by atoms with E-state index in [-0.39, 0.29) is 12.5 Å². The molecule has 1 fully saturated rings. The molecule has 3 rings (SSSR count). The molecule has 1 aliphatic carbocycles. The Morgan fingerprint density at radius 1 is 1.42 bits per heavy atom. The number of hydrogen-bond acceptors (Lipinski definition) is 6. The second kappa shape index (κ2) is 5.77. The van der Waals surface area contributed by atoms with Crippen molar-refractivity contribution in [1.29, 1.82) is 0 Å². The zero-order valence-corrected chi connectivity index (χ0v) is 12.9. The zero-order chi connectivity index (χ0) is 17.5. The van der Waals surface area contributed by atoms with Crippen molar-refractivity contribution in [3.05, 3.63) is 29.3 Å². The van der Waals surface area contributed by atoms with E-state index in [4.69, 9.17) is 14.9 Å². The maximum Gasteiger partial charge on any atom is 0.418 e. The number of aliphatic hydroxyl groups excluding tert-OH is 1. The van der Waals surface area contributed by atoms with Gasteiger partial charge < -0.3 is 25.6 Å². The molecule has 9 heteroatoms. The normalized spacial score (nSPS) is 22.1. The Hall–Kier alpha value is -2.65. The first-order valence-corrected chi connectivity index (χ1v) is 7.40. The Balaban J connectivity index is 1.90. The Bertz CT molecular complexity index is 719. The number of fused-ring (bicyclic) bond motifs is 2. The molecule has 1 atom stereocenters. The second-order valence-electron chi connectivity index (χ2n) is 5.67. The fourth-order valence-corrected chi connectivity index (χ4v) is 3.11. The van der Waals surface area contributed by atoms with E-state index in [0.717, 1.165) is 5.56 Å². The minimum Gasteiger partial charge on any atom is -0.427 e. The highest BCUT2D eigenvalue weighted by molar-refractivity contribution is 6.04. The molecule has 1 aromatic carbocycles. The summed E-state index contributed by atoms with van der Waals surface area (Å²) in [5.41, 5.74) is 0.478. The van der Waals surface area contributed by atoms with Gasteiger partial charge in [-0.25, -0.2) is 14.5 Å². The SMILES string of the molecule is CNC(=O)Nc1ccc2c(c1)CC[C@]21OC(=O)N(CC(O)O)C1=O. The minimum absolute atomic E-state index is 0.272. The zero-order valence-electron chi connectivity index (χ0n) is 12.9. The van der Waals surface area contributed by atoms with E-state index in [0.29, 0.717) is 22.6 Å². The van der Waals surface area contributed by atoms with Crippen molar-refractivity contribution in [2.24, 2.45) is 0 Å². The Kier molecular flexibility index (Phi) is 3.90. The van der Waals surface area contributed by atoms with Crippen LogP contribution in [0, 0.1) is 0 Å². The van der Waals surface area contributed by atoms with Gasteiger partial charge in [0.15, 0.2) is 6.29 Å². The molecule has 0 saturated carbocycles. The number of rotatable bonds is 3. The average Bonchev–Trinajstić information content (AvgIpc) is 3.00. The summed E-state index contributed by atoms with van der Waals surface area (Å²) in [6.07, 6.45) is -1.95. The highest BCUT2D eigenvalue weighted by atomic mass is 16.6. The summed E-state index contributed by atoms with van der Waals surface area (Å²) < 4.78 is 5.32. The van der Waals surface area contributed by atoms with E-state index in [9.17, 15) is 14.4 Å². The van der Waals surface area contributed by atoms with Crippen LogP contribution in [0.2, 0.25) is 0 Å². The first kappa shape index (κ1) is 16.2.